The number of nitrogens with zero attached hydrogens (tertiary/aromatic N) is 2. The quantitative estimate of drug-likeness (QED) is 0.808. The van der Waals surface area contributed by atoms with Gasteiger partial charge in [-0.2, -0.15) is 0 Å². The molecule has 4 rings (SSSR count). The molecule has 0 aromatic heterocycles. The van der Waals surface area contributed by atoms with Crippen molar-refractivity contribution >= 4 is 12.0 Å². The van der Waals surface area contributed by atoms with E-state index in [0.717, 1.165) is 45.6 Å². The van der Waals surface area contributed by atoms with Gasteiger partial charge in [-0.25, -0.2) is 0 Å². The molecule has 0 atom stereocenters. The van der Waals surface area contributed by atoms with Gasteiger partial charge in [0, 0.05) is 32.7 Å². The molecule has 2 aromatic rings. The molecule has 3 nitrogen and oxygen atoms in total. The Morgan fingerprint density at radius 2 is 1.63 bits per heavy atom. The van der Waals surface area contributed by atoms with Crippen LogP contribution in [0, 0.1) is 6.92 Å². The monoisotopic (exact) mass is 360 g/mol. The second kappa shape index (κ2) is 7.69. The molecule has 1 amide bonds. The lowest BCUT2D eigenvalue weighted by atomic mass is 9.93. The summed E-state index contributed by atoms with van der Waals surface area (Å²) in [6.45, 7) is 6.62. The van der Waals surface area contributed by atoms with Gasteiger partial charge in [0.05, 0.1) is 5.41 Å². The zero-order chi connectivity index (χ0) is 18.7. The molecule has 1 saturated carbocycles. The van der Waals surface area contributed by atoms with Crippen LogP contribution in [0.25, 0.3) is 6.08 Å². The third-order valence-corrected chi connectivity index (χ3v) is 5.90. The summed E-state index contributed by atoms with van der Waals surface area (Å²) in [4.78, 5) is 17.7. The maximum Gasteiger partial charge on any atom is 0.233 e. The highest BCUT2D eigenvalue weighted by Gasteiger charge is 2.53. The highest BCUT2D eigenvalue weighted by atomic mass is 16.2. The Morgan fingerprint density at radius 1 is 0.963 bits per heavy atom. The first-order valence-corrected chi connectivity index (χ1v) is 9.98. The Morgan fingerprint density at radius 3 is 2.26 bits per heavy atom. The summed E-state index contributed by atoms with van der Waals surface area (Å²) in [5, 5.41) is 0. The predicted octanol–water partition coefficient (Wildman–Crippen LogP) is 3.88. The Balaban J connectivity index is 1.31. The maximum atomic E-state index is 13.2. The number of carbonyl (C=O) groups excluding carboxylic acids is 1. The zero-order valence-electron chi connectivity index (χ0n) is 16.1. The lowest BCUT2D eigenvalue weighted by molar-refractivity contribution is -0.135. The number of amides is 1. The largest absolute Gasteiger partial charge is 0.339 e. The molecule has 0 N–H and O–H groups in total. The van der Waals surface area contributed by atoms with E-state index in [1.165, 1.54) is 16.7 Å². The molecular formula is C24H28N2O. The zero-order valence-corrected chi connectivity index (χ0v) is 16.1. The minimum Gasteiger partial charge on any atom is -0.339 e. The Labute approximate surface area is 162 Å². The van der Waals surface area contributed by atoms with Crippen molar-refractivity contribution in [1.29, 1.82) is 0 Å². The first-order chi connectivity index (χ1) is 13.2. The molecule has 1 aliphatic carbocycles. The fraction of sp³-hybridized carbons (Fsp3) is 0.375. The average molecular weight is 361 g/mol. The molecule has 2 aliphatic rings. The number of piperazine rings is 1. The second-order valence-corrected chi connectivity index (χ2v) is 7.85. The van der Waals surface area contributed by atoms with E-state index < -0.39 is 0 Å². The number of hydrogen-bond acceptors (Lipinski definition) is 2. The summed E-state index contributed by atoms with van der Waals surface area (Å²) in [7, 11) is 0. The molecule has 1 saturated heterocycles. The highest BCUT2D eigenvalue weighted by Crippen LogP contribution is 2.49. The molecule has 1 aliphatic heterocycles. The van der Waals surface area contributed by atoms with Crippen LogP contribution in [0.5, 0.6) is 0 Å². The molecular weight excluding hydrogens is 332 g/mol. The number of aryl methyl sites for hydroxylation is 1. The first kappa shape index (κ1) is 18.0. The van der Waals surface area contributed by atoms with Gasteiger partial charge in [-0.1, -0.05) is 72.3 Å². The van der Waals surface area contributed by atoms with E-state index in [0.29, 0.717) is 5.91 Å². The minimum absolute atomic E-state index is 0.233. The van der Waals surface area contributed by atoms with Crippen molar-refractivity contribution in [3.63, 3.8) is 0 Å². The van der Waals surface area contributed by atoms with Crippen molar-refractivity contribution < 1.29 is 4.79 Å². The van der Waals surface area contributed by atoms with Crippen LogP contribution in [0.4, 0.5) is 0 Å². The van der Waals surface area contributed by atoms with Gasteiger partial charge in [0.25, 0.3) is 0 Å². The number of carbonyl (C=O) groups is 1. The van der Waals surface area contributed by atoms with Crippen LogP contribution in [0.3, 0.4) is 0 Å². The van der Waals surface area contributed by atoms with Gasteiger partial charge < -0.3 is 4.90 Å². The summed E-state index contributed by atoms with van der Waals surface area (Å²) in [5.41, 5.74) is 3.45. The Hall–Kier alpha value is -2.39. The van der Waals surface area contributed by atoms with Gasteiger partial charge >= 0.3 is 0 Å². The van der Waals surface area contributed by atoms with Gasteiger partial charge in [-0.3, -0.25) is 9.69 Å². The fourth-order valence-electron chi connectivity index (χ4n) is 3.96. The molecule has 3 heteroatoms. The first-order valence-electron chi connectivity index (χ1n) is 9.98. The van der Waals surface area contributed by atoms with Crippen molar-refractivity contribution in [1.82, 2.24) is 9.80 Å². The maximum absolute atomic E-state index is 13.2. The van der Waals surface area contributed by atoms with Crippen molar-refractivity contribution in [3.8, 4) is 0 Å². The Kier molecular flexibility index (Phi) is 5.13. The van der Waals surface area contributed by atoms with Crippen LogP contribution in [0.15, 0.2) is 60.7 Å². The SMILES string of the molecule is Cc1ccc(C2(C(=O)N3CCN(C/C=C/c4ccccc4)CC3)CC2)cc1. The van der Waals surface area contributed by atoms with E-state index in [1.807, 2.05) is 6.07 Å². The van der Waals surface area contributed by atoms with Crippen LogP contribution in [0.2, 0.25) is 0 Å². The van der Waals surface area contributed by atoms with Gasteiger partial charge in [-0.15, -0.1) is 0 Å². The lowest BCUT2D eigenvalue weighted by Crippen LogP contribution is -2.51. The third-order valence-electron chi connectivity index (χ3n) is 5.90. The predicted molar refractivity (Wildman–Crippen MR) is 111 cm³/mol. The molecule has 0 radical (unpaired) electrons. The molecule has 27 heavy (non-hydrogen) atoms. The summed E-state index contributed by atoms with van der Waals surface area (Å²) in [6.07, 6.45) is 6.39. The van der Waals surface area contributed by atoms with Gasteiger partial charge in [0.2, 0.25) is 5.91 Å². The summed E-state index contributed by atoms with van der Waals surface area (Å²) >= 11 is 0. The van der Waals surface area contributed by atoms with E-state index in [9.17, 15) is 4.79 Å². The molecule has 140 valence electrons. The van der Waals surface area contributed by atoms with Crippen LogP contribution in [-0.4, -0.2) is 48.4 Å². The smallest absolute Gasteiger partial charge is 0.233 e. The van der Waals surface area contributed by atoms with E-state index in [1.54, 1.807) is 0 Å². The molecule has 2 aromatic carbocycles. The van der Waals surface area contributed by atoms with Crippen LogP contribution in [0.1, 0.15) is 29.5 Å². The molecule has 2 fully saturated rings. The van der Waals surface area contributed by atoms with Crippen LogP contribution < -0.4 is 0 Å². The van der Waals surface area contributed by atoms with E-state index >= 15 is 0 Å². The highest BCUT2D eigenvalue weighted by molar-refractivity contribution is 5.91. The van der Waals surface area contributed by atoms with Crippen molar-refractivity contribution in [3.05, 3.63) is 77.4 Å². The van der Waals surface area contributed by atoms with Crippen molar-refractivity contribution in [2.75, 3.05) is 32.7 Å². The molecule has 0 spiro atoms. The summed E-state index contributed by atoms with van der Waals surface area (Å²) in [6, 6.07) is 18.9. The average Bonchev–Trinajstić information content (AvgIpc) is 3.51. The summed E-state index contributed by atoms with van der Waals surface area (Å²) in [5.74, 6) is 0.339. The summed E-state index contributed by atoms with van der Waals surface area (Å²) < 4.78 is 0. The molecule has 0 bridgehead atoms. The van der Waals surface area contributed by atoms with E-state index in [4.69, 9.17) is 0 Å². The van der Waals surface area contributed by atoms with Gasteiger partial charge in [0.1, 0.15) is 0 Å². The van der Waals surface area contributed by atoms with Gasteiger partial charge in [-0.05, 0) is 30.9 Å². The normalized spacial score (nSPS) is 19.4. The van der Waals surface area contributed by atoms with E-state index in [2.05, 4.69) is 77.4 Å². The van der Waals surface area contributed by atoms with E-state index in [-0.39, 0.29) is 5.41 Å². The van der Waals surface area contributed by atoms with Crippen molar-refractivity contribution in [2.24, 2.45) is 0 Å². The molecule has 1 heterocycles. The Bertz CT molecular complexity index is 798. The molecule has 0 unspecified atom stereocenters. The minimum atomic E-state index is -0.233. The van der Waals surface area contributed by atoms with Crippen molar-refractivity contribution in [2.45, 2.75) is 25.2 Å². The van der Waals surface area contributed by atoms with Gasteiger partial charge in [0.15, 0.2) is 0 Å². The lowest BCUT2D eigenvalue weighted by Gasteiger charge is -2.36. The topological polar surface area (TPSA) is 23.6 Å². The number of rotatable bonds is 5. The van der Waals surface area contributed by atoms with Crippen LogP contribution in [-0.2, 0) is 10.2 Å². The number of benzene rings is 2. The standard InChI is InChI=1S/C24H28N2O/c1-20-9-11-22(12-10-20)24(13-14-24)23(27)26-18-16-25(17-19-26)15-5-8-21-6-3-2-4-7-21/h2-12H,13-19H2,1H3/b8-5+. The third kappa shape index (κ3) is 3.98. The number of hydrogen-bond donors (Lipinski definition) is 0. The second-order valence-electron chi connectivity index (χ2n) is 7.85. The van der Waals surface area contributed by atoms with Crippen LogP contribution >= 0.6 is 0 Å². The fourth-order valence-corrected chi connectivity index (χ4v) is 3.96.